The third kappa shape index (κ3) is 6.46. The summed E-state index contributed by atoms with van der Waals surface area (Å²) < 4.78 is 31.1. The van der Waals surface area contributed by atoms with Gasteiger partial charge in [-0.3, -0.25) is 9.69 Å². The van der Waals surface area contributed by atoms with Crippen LogP contribution in [0.1, 0.15) is 26.7 Å². The van der Waals surface area contributed by atoms with Crippen LogP contribution in [-0.2, 0) is 14.8 Å². The number of amides is 1. The van der Waals surface area contributed by atoms with Crippen LogP contribution in [0.15, 0.2) is 29.2 Å². The lowest BCUT2D eigenvalue weighted by Crippen LogP contribution is -2.43. The Morgan fingerprint density at radius 1 is 1.29 bits per heavy atom. The molecule has 1 atom stereocenters. The number of nitrogens with one attached hydrogen (secondary N) is 1. The number of rotatable bonds is 9. The number of nitrogens with zero attached hydrogens (tertiary/aromatic N) is 2. The first-order valence-corrected chi connectivity index (χ1v) is 11.3. The minimum Gasteiger partial charge on any atom is -0.492 e. The molecule has 1 N–H and O–H groups in total. The SMILES string of the molecule is CC(C)C(=O)NCC1CCCN(CCOc2ccc(S(=O)(=O)N(C)C)cc2)C1. The van der Waals surface area contributed by atoms with Crippen molar-refractivity contribution >= 4 is 15.9 Å². The van der Waals surface area contributed by atoms with Gasteiger partial charge in [0.15, 0.2) is 0 Å². The zero-order valence-corrected chi connectivity index (χ0v) is 18.2. The second kappa shape index (κ2) is 10.2. The van der Waals surface area contributed by atoms with Crippen molar-refractivity contribution in [3.05, 3.63) is 24.3 Å². The summed E-state index contributed by atoms with van der Waals surface area (Å²) >= 11 is 0. The van der Waals surface area contributed by atoms with Crippen LogP contribution in [0.25, 0.3) is 0 Å². The first-order chi connectivity index (χ1) is 13.2. The normalized spacial score (nSPS) is 18.4. The van der Waals surface area contributed by atoms with E-state index in [4.69, 9.17) is 4.74 Å². The van der Waals surface area contributed by atoms with Crippen molar-refractivity contribution in [2.24, 2.45) is 11.8 Å². The molecule has 1 saturated heterocycles. The summed E-state index contributed by atoms with van der Waals surface area (Å²) in [6.07, 6.45) is 2.26. The van der Waals surface area contributed by atoms with Gasteiger partial charge in [-0.25, -0.2) is 12.7 Å². The van der Waals surface area contributed by atoms with Crippen molar-refractivity contribution in [3.63, 3.8) is 0 Å². The Hall–Kier alpha value is -1.64. The molecule has 2 rings (SSSR count). The highest BCUT2D eigenvalue weighted by Crippen LogP contribution is 2.19. The molecule has 0 aromatic heterocycles. The number of benzene rings is 1. The molecule has 28 heavy (non-hydrogen) atoms. The molecule has 1 heterocycles. The average Bonchev–Trinajstić information content (AvgIpc) is 2.66. The number of hydrogen-bond donors (Lipinski definition) is 1. The average molecular weight is 412 g/mol. The molecule has 0 radical (unpaired) electrons. The van der Waals surface area contributed by atoms with Crippen LogP contribution in [0.2, 0.25) is 0 Å². The van der Waals surface area contributed by atoms with Crippen LogP contribution in [0.5, 0.6) is 5.75 Å². The molecule has 1 aromatic rings. The number of carbonyl (C=O) groups excluding carboxylic acids is 1. The van der Waals surface area contributed by atoms with E-state index < -0.39 is 10.0 Å². The summed E-state index contributed by atoms with van der Waals surface area (Å²) in [6.45, 7) is 7.90. The lowest BCUT2D eigenvalue weighted by molar-refractivity contribution is -0.124. The Morgan fingerprint density at radius 3 is 2.57 bits per heavy atom. The molecule has 1 amide bonds. The molecule has 0 saturated carbocycles. The summed E-state index contributed by atoms with van der Waals surface area (Å²) in [5.41, 5.74) is 0. The van der Waals surface area contributed by atoms with E-state index in [1.807, 2.05) is 13.8 Å². The summed E-state index contributed by atoms with van der Waals surface area (Å²) in [6, 6.07) is 6.52. The molecule has 1 unspecified atom stereocenters. The smallest absolute Gasteiger partial charge is 0.242 e. The van der Waals surface area contributed by atoms with Gasteiger partial charge in [-0.2, -0.15) is 0 Å². The third-order valence-corrected chi connectivity index (χ3v) is 6.80. The molecular formula is C20H33N3O4S. The maximum atomic E-state index is 12.1. The minimum atomic E-state index is -3.41. The van der Waals surface area contributed by atoms with Crippen molar-refractivity contribution < 1.29 is 17.9 Å². The van der Waals surface area contributed by atoms with E-state index in [0.717, 1.165) is 39.0 Å². The fourth-order valence-electron chi connectivity index (χ4n) is 3.18. The zero-order chi connectivity index (χ0) is 20.7. The van der Waals surface area contributed by atoms with Crippen molar-refractivity contribution in [1.29, 1.82) is 0 Å². The monoisotopic (exact) mass is 411 g/mol. The van der Waals surface area contributed by atoms with Crippen LogP contribution in [-0.4, -0.2) is 70.4 Å². The van der Waals surface area contributed by atoms with Gasteiger partial charge in [0.05, 0.1) is 4.90 Å². The quantitative estimate of drug-likeness (QED) is 0.670. The number of carbonyl (C=O) groups is 1. The van der Waals surface area contributed by atoms with Gasteiger partial charge in [0.2, 0.25) is 15.9 Å². The fraction of sp³-hybridized carbons (Fsp3) is 0.650. The number of piperidine rings is 1. The molecule has 1 aliphatic heterocycles. The van der Waals surface area contributed by atoms with Crippen LogP contribution in [0.4, 0.5) is 0 Å². The standard InChI is InChI=1S/C20H33N3O4S/c1-16(2)20(24)21-14-17-6-5-11-23(15-17)12-13-27-18-7-9-19(10-8-18)28(25,26)22(3)4/h7-10,16-17H,5-6,11-15H2,1-4H3,(H,21,24). The molecule has 7 nitrogen and oxygen atoms in total. The molecule has 0 aliphatic carbocycles. The van der Waals surface area contributed by atoms with Gasteiger partial charge < -0.3 is 10.1 Å². The number of ether oxygens (including phenoxy) is 1. The first-order valence-electron chi connectivity index (χ1n) is 9.85. The number of hydrogen-bond acceptors (Lipinski definition) is 5. The molecule has 8 heteroatoms. The molecule has 0 spiro atoms. The molecule has 1 aliphatic rings. The van der Waals surface area contributed by atoms with Crippen LogP contribution in [0.3, 0.4) is 0 Å². The highest BCUT2D eigenvalue weighted by atomic mass is 32.2. The van der Waals surface area contributed by atoms with E-state index in [1.165, 1.54) is 18.4 Å². The second-order valence-electron chi connectivity index (χ2n) is 7.82. The van der Waals surface area contributed by atoms with E-state index >= 15 is 0 Å². The van der Waals surface area contributed by atoms with E-state index in [9.17, 15) is 13.2 Å². The molecule has 0 bridgehead atoms. The van der Waals surface area contributed by atoms with Gasteiger partial charge in [0, 0.05) is 39.6 Å². The Labute approximate surface area is 169 Å². The Morgan fingerprint density at radius 2 is 1.96 bits per heavy atom. The van der Waals surface area contributed by atoms with Crippen molar-refractivity contribution in [1.82, 2.24) is 14.5 Å². The summed E-state index contributed by atoms with van der Waals surface area (Å²) in [4.78, 5) is 14.4. The number of likely N-dealkylation sites (tertiary alicyclic amines) is 1. The summed E-state index contributed by atoms with van der Waals surface area (Å²) in [5.74, 6) is 1.27. The van der Waals surface area contributed by atoms with Crippen LogP contribution < -0.4 is 10.1 Å². The Kier molecular flexibility index (Phi) is 8.27. The van der Waals surface area contributed by atoms with Crippen molar-refractivity contribution in [2.45, 2.75) is 31.6 Å². The summed E-state index contributed by atoms with van der Waals surface area (Å²) in [7, 11) is -0.387. The minimum absolute atomic E-state index is 0.0206. The first kappa shape index (κ1) is 22.6. The predicted octanol–water partition coefficient (Wildman–Crippen LogP) is 1.80. The fourth-order valence-corrected chi connectivity index (χ4v) is 4.08. The molecule has 1 fully saturated rings. The molecule has 158 valence electrons. The van der Waals surface area contributed by atoms with Gasteiger partial charge in [0.25, 0.3) is 0 Å². The van der Waals surface area contributed by atoms with Gasteiger partial charge in [-0.05, 0) is 49.6 Å². The van der Waals surface area contributed by atoms with Gasteiger partial charge >= 0.3 is 0 Å². The third-order valence-electron chi connectivity index (χ3n) is 4.97. The van der Waals surface area contributed by atoms with Crippen molar-refractivity contribution in [2.75, 3.05) is 46.9 Å². The van der Waals surface area contributed by atoms with Gasteiger partial charge in [-0.1, -0.05) is 13.8 Å². The van der Waals surface area contributed by atoms with Gasteiger partial charge in [0.1, 0.15) is 12.4 Å². The lowest BCUT2D eigenvalue weighted by atomic mass is 9.98. The topological polar surface area (TPSA) is 79.0 Å². The predicted molar refractivity (Wildman–Crippen MR) is 110 cm³/mol. The van der Waals surface area contributed by atoms with Crippen molar-refractivity contribution in [3.8, 4) is 5.75 Å². The van der Waals surface area contributed by atoms with E-state index in [0.29, 0.717) is 18.3 Å². The van der Waals surface area contributed by atoms with E-state index in [2.05, 4.69) is 10.2 Å². The van der Waals surface area contributed by atoms with Crippen LogP contribution >= 0.6 is 0 Å². The Balaban J connectivity index is 1.76. The number of sulfonamides is 1. The van der Waals surface area contributed by atoms with E-state index in [1.54, 1.807) is 24.3 Å². The maximum Gasteiger partial charge on any atom is 0.242 e. The molecular weight excluding hydrogens is 378 g/mol. The maximum absolute atomic E-state index is 12.1. The highest BCUT2D eigenvalue weighted by molar-refractivity contribution is 7.89. The highest BCUT2D eigenvalue weighted by Gasteiger charge is 2.21. The molecule has 1 aromatic carbocycles. The summed E-state index contributed by atoms with van der Waals surface area (Å²) in [5, 5.41) is 3.03. The Bertz CT molecular complexity index is 732. The zero-order valence-electron chi connectivity index (χ0n) is 17.3. The second-order valence-corrected chi connectivity index (χ2v) is 9.97. The lowest BCUT2D eigenvalue weighted by Gasteiger charge is -2.32. The van der Waals surface area contributed by atoms with Gasteiger partial charge in [-0.15, -0.1) is 0 Å². The largest absolute Gasteiger partial charge is 0.492 e. The van der Waals surface area contributed by atoms with Crippen LogP contribution in [0, 0.1) is 11.8 Å². The van der Waals surface area contributed by atoms with E-state index in [-0.39, 0.29) is 16.7 Å².